The van der Waals surface area contributed by atoms with E-state index in [2.05, 4.69) is 11.0 Å². The molecule has 0 atom stereocenters. The summed E-state index contributed by atoms with van der Waals surface area (Å²) in [5.74, 6) is -52.9. The lowest BCUT2D eigenvalue weighted by molar-refractivity contribution is -0.449. The van der Waals surface area contributed by atoms with Gasteiger partial charge in [0, 0.05) is 6.54 Å². The molecule has 280 valence electrons. The standard InChI is InChI=1S/C14H29N3O4.C8HF16NO/c1-8-9-10-15-16-17(11(18)20-13(2,3)4)12(19)21-14(5,6)7;9-2(10,1(26)25-24)3(11,12)4(13,14)5(15,16)6(17,18)7(19,20)8(21,22)23/h15-16H,8-10H2,1-7H3;(H,25,26). The number of imide groups is 1. The van der Waals surface area contributed by atoms with E-state index in [-0.39, 0.29) is 0 Å². The Morgan fingerprint density at radius 2 is 0.936 bits per heavy atom. The van der Waals surface area contributed by atoms with E-state index in [1.807, 2.05) is 6.92 Å². The van der Waals surface area contributed by atoms with Gasteiger partial charge in [0.05, 0.1) is 0 Å². The molecule has 3 amide bonds. The van der Waals surface area contributed by atoms with Gasteiger partial charge in [0.25, 0.3) is 0 Å². The molecule has 0 radical (unpaired) electrons. The van der Waals surface area contributed by atoms with Crippen LogP contribution in [0.3, 0.4) is 0 Å². The molecule has 0 fully saturated rings. The van der Waals surface area contributed by atoms with E-state index in [4.69, 9.17) is 9.47 Å². The van der Waals surface area contributed by atoms with E-state index in [1.165, 1.54) is 0 Å². The minimum absolute atomic E-state index is 0.610. The Morgan fingerprint density at radius 1 is 0.596 bits per heavy atom. The van der Waals surface area contributed by atoms with Crippen LogP contribution in [0.25, 0.3) is 0 Å². The van der Waals surface area contributed by atoms with Gasteiger partial charge in [0.2, 0.25) is 0 Å². The Hall–Kier alpha value is -2.99. The fraction of sp³-hybridized carbons (Fsp3) is 0.864. The molecule has 0 spiro atoms. The van der Waals surface area contributed by atoms with Crippen LogP contribution in [0.15, 0.2) is 0 Å². The highest BCUT2D eigenvalue weighted by molar-refractivity contribution is 5.87. The van der Waals surface area contributed by atoms with Gasteiger partial charge in [-0.2, -0.15) is 76.9 Å². The molecule has 0 rings (SSSR count). The lowest BCUT2D eigenvalue weighted by Crippen LogP contribution is -2.73. The van der Waals surface area contributed by atoms with Crippen LogP contribution in [0.5, 0.6) is 0 Å². The lowest BCUT2D eigenvalue weighted by atomic mass is 9.91. The number of hydrogen-bond acceptors (Lipinski definition) is 7. The normalized spacial score (nSPS) is 14.1. The van der Waals surface area contributed by atoms with Gasteiger partial charge in [-0.25, -0.2) is 15.0 Å². The molecule has 0 bridgehead atoms. The van der Waals surface area contributed by atoms with Crippen LogP contribution < -0.4 is 16.5 Å². The molecule has 3 N–H and O–H groups in total. The zero-order valence-corrected chi connectivity index (χ0v) is 25.2. The van der Waals surface area contributed by atoms with E-state index < -0.39 is 76.5 Å². The second-order valence-corrected chi connectivity index (χ2v) is 11.1. The van der Waals surface area contributed by atoms with Gasteiger partial charge < -0.3 is 9.47 Å². The highest BCUT2D eigenvalue weighted by atomic mass is 19.4. The smallest absolute Gasteiger partial charge is 0.442 e. The largest absolute Gasteiger partial charge is 0.460 e. The second kappa shape index (κ2) is 15.1. The first kappa shape index (κ1) is 46.1. The van der Waals surface area contributed by atoms with Gasteiger partial charge in [0.1, 0.15) is 11.2 Å². The fourth-order valence-corrected chi connectivity index (χ4v) is 2.35. The molecule has 0 unspecified atom stereocenters. The minimum atomic E-state index is -8.51. The number of alkyl halides is 15. The van der Waals surface area contributed by atoms with Gasteiger partial charge >= 0.3 is 59.8 Å². The zero-order chi connectivity index (χ0) is 38.5. The van der Waals surface area contributed by atoms with E-state index in [9.17, 15) is 84.7 Å². The number of nitrogens with one attached hydrogen (secondary N) is 3. The van der Waals surface area contributed by atoms with Gasteiger partial charge in [-0.15, -0.1) is 9.49 Å². The number of amides is 3. The minimum Gasteiger partial charge on any atom is -0.442 e. The summed E-state index contributed by atoms with van der Waals surface area (Å²) in [6.45, 7) is 13.0. The number of hydrazine groups is 2. The highest BCUT2D eigenvalue weighted by Gasteiger charge is 2.94. The van der Waals surface area contributed by atoms with E-state index in [0.29, 0.717) is 11.6 Å². The third-order valence-corrected chi connectivity index (χ3v) is 4.70. The van der Waals surface area contributed by atoms with E-state index >= 15 is 0 Å². The maximum atomic E-state index is 12.9. The molecular formula is C22H30F16N4O5. The summed E-state index contributed by atoms with van der Waals surface area (Å²) in [5.41, 5.74) is 2.98. The molecule has 0 aromatic heterocycles. The average Bonchev–Trinajstić information content (AvgIpc) is 2.84. The maximum Gasteiger partial charge on any atom is 0.460 e. The molecule has 9 nitrogen and oxygen atoms in total. The summed E-state index contributed by atoms with van der Waals surface area (Å²) in [5, 5.41) is 0.701. The van der Waals surface area contributed by atoms with Crippen molar-refractivity contribution in [2.24, 2.45) is 0 Å². The van der Waals surface area contributed by atoms with Crippen molar-refractivity contribution in [3.05, 3.63) is 0 Å². The number of carbonyl (C=O) groups excluding carboxylic acids is 3. The molecule has 25 heteroatoms. The summed E-state index contributed by atoms with van der Waals surface area (Å²) in [7, 11) is 0. The van der Waals surface area contributed by atoms with Crippen molar-refractivity contribution in [2.45, 2.75) is 114 Å². The molecule has 0 aliphatic carbocycles. The maximum absolute atomic E-state index is 12.9. The lowest BCUT2D eigenvalue weighted by Gasteiger charge is -2.40. The number of halogens is 16. The first-order chi connectivity index (χ1) is 20.4. The summed E-state index contributed by atoms with van der Waals surface area (Å²) in [4.78, 5) is 34.2. The van der Waals surface area contributed by atoms with Crippen molar-refractivity contribution >= 4 is 18.1 Å². The van der Waals surface area contributed by atoms with Gasteiger partial charge in [-0.3, -0.25) is 4.79 Å². The first-order valence-electron chi connectivity index (χ1n) is 12.4. The fourth-order valence-electron chi connectivity index (χ4n) is 2.35. The van der Waals surface area contributed by atoms with Crippen LogP contribution in [-0.2, 0) is 14.3 Å². The number of ether oxygens (including phenoxy) is 2. The monoisotopic (exact) mass is 734 g/mol. The summed E-state index contributed by atoms with van der Waals surface area (Å²) in [6, 6.07) is 0. The Morgan fingerprint density at radius 3 is 1.23 bits per heavy atom. The molecule has 0 heterocycles. The van der Waals surface area contributed by atoms with Crippen molar-refractivity contribution in [1.29, 1.82) is 0 Å². The molecular weight excluding hydrogens is 704 g/mol. The van der Waals surface area contributed by atoms with Gasteiger partial charge in [-0.1, -0.05) is 13.3 Å². The van der Waals surface area contributed by atoms with E-state index in [1.54, 1.807) is 41.5 Å². The number of rotatable bonds is 11. The predicted molar refractivity (Wildman–Crippen MR) is 125 cm³/mol. The Kier molecular flexibility index (Phi) is 14.8. The quantitative estimate of drug-likeness (QED) is 0.0884. The van der Waals surface area contributed by atoms with Crippen molar-refractivity contribution in [2.75, 3.05) is 6.54 Å². The number of hydrogen-bond donors (Lipinski definition) is 3. The zero-order valence-electron chi connectivity index (χ0n) is 25.2. The molecule has 0 aromatic rings. The Balaban J connectivity index is 0. The second-order valence-electron chi connectivity index (χ2n) is 11.1. The molecule has 47 heavy (non-hydrogen) atoms. The molecule has 0 saturated heterocycles. The number of nitrogens with zero attached hydrogens (tertiary/aromatic N) is 1. The van der Waals surface area contributed by atoms with Crippen LogP contribution in [0.1, 0.15) is 61.3 Å². The summed E-state index contributed by atoms with van der Waals surface area (Å²) < 4.78 is 210. The van der Waals surface area contributed by atoms with Crippen LogP contribution in [0, 0.1) is 0 Å². The van der Waals surface area contributed by atoms with Crippen LogP contribution >= 0.6 is 0 Å². The molecule has 0 aromatic carbocycles. The van der Waals surface area contributed by atoms with Crippen molar-refractivity contribution in [3.8, 4) is 0 Å². The topological polar surface area (TPSA) is 109 Å². The number of unbranched alkanes of at least 4 members (excludes halogenated alkanes) is 1. The Bertz CT molecular complexity index is 1050. The summed E-state index contributed by atoms with van der Waals surface area (Å²) >= 11 is 0. The van der Waals surface area contributed by atoms with Gasteiger partial charge in [-0.05, 0) is 48.0 Å². The van der Waals surface area contributed by atoms with Crippen LogP contribution in [0.4, 0.5) is 79.9 Å². The Labute approximate surface area is 255 Å². The van der Waals surface area contributed by atoms with Crippen molar-refractivity contribution < 1.29 is 94.2 Å². The highest BCUT2D eigenvalue weighted by Crippen LogP contribution is 2.62. The third kappa shape index (κ3) is 10.5. The predicted octanol–water partition coefficient (Wildman–Crippen LogP) is 7.33. The van der Waals surface area contributed by atoms with Crippen LogP contribution in [-0.4, -0.2) is 82.6 Å². The molecule has 0 aliphatic rings. The van der Waals surface area contributed by atoms with Crippen molar-refractivity contribution in [3.63, 3.8) is 0 Å². The van der Waals surface area contributed by atoms with E-state index in [0.717, 1.165) is 12.8 Å². The summed E-state index contributed by atoms with van der Waals surface area (Å²) in [6.07, 6.45) is -7.46. The SMILES string of the molecule is CCCCNNN(C(=O)OC(C)(C)C)C(=O)OC(C)(C)C.O=C(NF)C(F)(F)C(F)(F)C(F)(F)C(F)(F)C(F)(F)C(F)(F)C(F)(F)F. The first-order valence-corrected chi connectivity index (χ1v) is 12.4. The molecule has 0 saturated carbocycles. The molecule has 0 aliphatic heterocycles. The average molecular weight is 734 g/mol. The van der Waals surface area contributed by atoms with Gasteiger partial charge in [0.15, 0.2) is 0 Å². The third-order valence-electron chi connectivity index (χ3n) is 4.70. The van der Waals surface area contributed by atoms with Crippen LogP contribution in [0.2, 0.25) is 0 Å². The number of carbonyl (C=O) groups is 3. The van der Waals surface area contributed by atoms with Crippen molar-refractivity contribution in [1.82, 2.24) is 21.5 Å².